The largest absolute Gasteiger partial charge is 0.380 e. The second-order valence-electron chi connectivity index (χ2n) is 5.33. The highest BCUT2D eigenvalue weighted by atomic mass is 16.1. The molecule has 0 unspecified atom stereocenters. The number of amides is 1. The quantitative estimate of drug-likeness (QED) is 0.821. The van der Waals surface area contributed by atoms with Crippen LogP contribution in [-0.2, 0) is 6.54 Å². The molecule has 5 nitrogen and oxygen atoms in total. The van der Waals surface area contributed by atoms with Crippen molar-refractivity contribution in [2.24, 2.45) is 0 Å². The van der Waals surface area contributed by atoms with Crippen LogP contribution >= 0.6 is 0 Å². The second kappa shape index (κ2) is 8.14. The third-order valence-electron chi connectivity index (χ3n) is 3.18. The molecule has 116 valence electrons. The van der Waals surface area contributed by atoms with E-state index in [1.54, 1.807) is 12.3 Å². The summed E-state index contributed by atoms with van der Waals surface area (Å²) in [4.78, 5) is 18.1. The summed E-state index contributed by atoms with van der Waals surface area (Å²) in [5.74, 6) is -0.142. The molecule has 0 aliphatic carbocycles. The van der Waals surface area contributed by atoms with Crippen LogP contribution in [0, 0.1) is 0 Å². The van der Waals surface area contributed by atoms with E-state index in [0.717, 1.165) is 18.8 Å². The summed E-state index contributed by atoms with van der Waals surface area (Å²) in [6, 6.07) is 13.7. The van der Waals surface area contributed by atoms with E-state index in [2.05, 4.69) is 27.8 Å². The summed E-state index contributed by atoms with van der Waals surface area (Å²) >= 11 is 0. The first-order chi connectivity index (χ1) is 10.6. The van der Waals surface area contributed by atoms with Crippen LogP contribution in [0.3, 0.4) is 0 Å². The Kier molecular flexibility index (Phi) is 5.91. The zero-order chi connectivity index (χ0) is 15.8. The Hall–Kier alpha value is -2.40. The van der Waals surface area contributed by atoms with Crippen molar-refractivity contribution >= 4 is 11.6 Å². The van der Waals surface area contributed by atoms with Crippen molar-refractivity contribution < 1.29 is 4.79 Å². The minimum Gasteiger partial charge on any atom is -0.380 e. The molecule has 0 radical (unpaired) electrons. The average Bonchev–Trinajstić information content (AvgIpc) is 2.54. The molecule has 0 saturated carbocycles. The molecule has 0 atom stereocenters. The Bertz CT molecular complexity index is 581. The number of nitrogens with zero attached hydrogens (tertiary/aromatic N) is 2. The second-order valence-corrected chi connectivity index (χ2v) is 5.33. The van der Waals surface area contributed by atoms with Gasteiger partial charge >= 0.3 is 0 Å². The van der Waals surface area contributed by atoms with Crippen LogP contribution in [0.15, 0.2) is 48.7 Å². The Balaban J connectivity index is 1.83. The van der Waals surface area contributed by atoms with Gasteiger partial charge in [-0.05, 0) is 31.8 Å². The van der Waals surface area contributed by atoms with E-state index in [0.29, 0.717) is 12.2 Å². The molecule has 1 aromatic heterocycles. The van der Waals surface area contributed by atoms with Crippen molar-refractivity contribution in [2.75, 3.05) is 32.5 Å². The fraction of sp³-hybridized carbons (Fsp3) is 0.294. The van der Waals surface area contributed by atoms with E-state index in [-0.39, 0.29) is 5.91 Å². The topological polar surface area (TPSA) is 57.3 Å². The first-order valence-corrected chi connectivity index (χ1v) is 7.32. The summed E-state index contributed by atoms with van der Waals surface area (Å²) in [6.07, 6.45) is 1.68. The molecule has 2 N–H and O–H groups in total. The van der Waals surface area contributed by atoms with E-state index in [1.807, 2.05) is 43.3 Å². The SMILES string of the molecule is CN(C)CCNC(=O)c1ccc(NCc2ccccc2)cn1. The van der Waals surface area contributed by atoms with Crippen molar-refractivity contribution in [3.05, 3.63) is 59.9 Å². The van der Waals surface area contributed by atoms with Crippen molar-refractivity contribution in [1.29, 1.82) is 0 Å². The number of likely N-dealkylation sites (N-methyl/N-ethyl adjacent to an activating group) is 1. The lowest BCUT2D eigenvalue weighted by atomic mass is 10.2. The van der Waals surface area contributed by atoms with E-state index in [4.69, 9.17) is 0 Å². The van der Waals surface area contributed by atoms with E-state index in [9.17, 15) is 4.79 Å². The Morgan fingerprint density at radius 1 is 1.14 bits per heavy atom. The summed E-state index contributed by atoms with van der Waals surface area (Å²) in [5, 5.41) is 6.13. The number of hydrogen-bond donors (Lipinski definition) is 2. The Morgan fingerprint density at radius 2 is 1.91 bits per heavy atom. The predicted octanol–water partition coefficient (Wildman–Crippen LogP) is 1.99. The number of hydrogen-bond acceptors (Lipinski definition) is 4. The van der Waals surface area contributed by atoms with Crippen molar-refractivity contribution in [1.82, 2.24) is 15.2 Å². The van der Waals surface area contributed by atoms with Crippen LogP contribution in [0.5, 0.6) is 0 Å². The average molecular weight is 298 g/mol. The number of carbonyl (C=O) groups is 1. The fourth-order valence-electron chi connectivity index (χ4n) is 1.92. The Morgan fingerprint density at radius 3 is 2.55 bits per heavy atom. The van der Waals surface area contributed by atoms with Crippen LogP contribution in [-0.4, -0.2) is 43.0 Å². The molecule has 22 heavy (non-hydrogen) atoms. The standard InChI is InChI=1S/C17H22N4O/c1-21(2)11-10-18-17(22)16-9-8-15(13-20-16)19-12-14-6-4-3-5-7-14/h3-9,13,19H,10-12H2,1-2H3,(H,18,22). The van der Waals surface area contributed by atoms with Gasteiger partial charge in [0, 0.05) is 19.6 Å². The Labute approximate surface area is 131 Å². The number of benzene rings is 1. The fourth-order valence-corrected chi connectivity index (χ4v) is 1.92. The molecule has 0 saturated heterocycles. The normalized spacial score (nSPS) is 10.5. The third kappa shape index (κ3) is 5.18. The highest BCUT2D eigenvalue weighted by molar-refractivity contribution is 5.92. The van der Waals surface area contributed by atoms with Gasteiger partial charge in [-0.25, -0.2) is 4.98 Å². The van der Waals surface area contributed by atoms with Gasteiger partial charge in [0.15, 0.2) is 0 Å². The monoisotopic (exact) mass is 298 g/mol. The zero-order valence-corrected chi connectivity index (χ0v) is 13.0. The van der Waals surface area contributed by atoms with E-state index < -0.39 is 0 Å². The molecule has 1 amide bonds. The maximum absolute atomic E-state index is 11.9. The van der Waals surface area contributed by atoms with Crippen molar-refractivity contribution in [2.45, 2.75) is 6.54 Å². The highest BCUT2D eigenvalue weighted by Gasteiger charge is 2.06. The summed E-state index contributed by atoms with van der Waals surface area (Å²) < 4.78 is 0. The molecule has 2 aromatic rings. The van der Waals surface area contributed by atoms with E-state index in [1.165, 1.54) is 5.56 Å². The maximum Gasteiger partial charge on any atom is 0.269 e. The minimum absolute atomic E-state index is 0.142. The first kappa shape index (κ1) is 16.0. The summed E-state index contributed by atoms with van der Waals surface area (Å²) in [6.45, 7) is 2.15. The number of rotatable bonds is 7. The van der Waals surface area contributed by atoms with Crippen LogP contribution in [0.25, 0.3) is 0 Å². The molecule has 0 bridgehead atoms. The van der Waals surface area contributed by atoms with Gasteiger partial charge < -0.3 is 15.5 Å². The van der Waals surface area contributed by atoms with E-state index >= 15 is 0 Å². The maximum atomic E-state index is 11.9. The molecule has 1 aromatic carbocycles. The van der Waals surface area contributed by atoms with Gasteiger partial charge in [0.25, 0.3) is 5.91 Å². The molecule has 5 heteroatoms. The van der Waals surface area contributed by atoms with Gasteiger partial charge in [0.2, 0.25) is 0 Å². The van der Waals surface area contributed by atoms with Gasteiger partial charge in [-0.2, -0.15) is 0 Å². The molecular formula is C17H22N4O. The van der Waals surface area contributed by atoms with Crippen LogP contribution in [0.4, 0.5) is 5.69 Å². The van der Waals surface area contributed by atoms with Crippen molar-refractivity contribution in [3.63, 3.8) is 0 Å². The number of anilines is 1. The predicted molar refractivity (Wildman–Crippen MR) is 88.9 cm³/mol. The van der Waals surface area contributed by atoms with Gasteiger partial charge in [0.1, 0.15) is 5.69 Å². The van der Waals surface area contributed by atoms with Gasteiger partial charge in [-0.3, -0.25) is 4.79 Å². The molecule has 1 heterocycles. The van der Waals surface area contributed by atoms with Gasteiger partial charge in [-0.15, -0.1) is 0 Å². The number of carbonyl (C=O) groups excluding carboxylic acids is 1. The molecule has 0 aliphatic heterocycles. The lowest BCUT2D eigenvalue weighted by Crippen LogP contribution is -2.31. The van der Waals surface area contributed by atoms with Crippen LogP contribution in [0.1, 0.15) is 16.1 Å². The summed E-state index contributed by atoms with van der Waals surface area (Å²) in [7, 11) is 3.94. The lowest BCUT2D eigenvalue weighted by Gasteiger charge is -2.10. The highest BCUT2D eigenvalue weighted by Crippen LogP contribution is 2.08. The van der Waals surface area contributed by atoms with Crippen LogP contribution < -0.4 is 10.6 Å². The van der Waals surface area contributed by atoms with Crippen LogP contribution in [0.2, 0.25) is 0 Å². The molecule has 0 fully saturated rings. The molecule has 0 aliphatic rings. The summed E-state index contributed by atoms with van der Waals surface area (Å²) in [5.41, 5.74) is 2.53. The minimum atomic E-state index is -0.142. The first-order valence-electron chi connectivity index (χ1n) is 7.32. The van der Waals surface area contributed by atoms with Crippen molar-refractivity contribution in [3.8, 4) is 0 Å². The third-order valence-corrected chi connectivity index (χ3v) is 3.18. The van der Waals surface area contributed by atoms with Gasteiger partial charge in [0.05, 0.1) is 11.9 Å². The number of aromatic nitrogens is 1. The van der Waals surface area contributed by atoms with Gasteiger partial charge in [-0.1, -0.05) is 30.3 Å². The molecular weight excluding hydrogens is 276 g/mol. The molecule has 0 spiro atoms. The lowest BCUT2D eigenvalue weighted by molar-refractivity contribution is 0.0946. The zero-order valence-electron chi connectivity index (χ0n) is 13.0. The smallest absolute Gasteiger partial charge is 0.269 e. The molecule has 2 rings (SSSR count). The number of nitrogens with one attached hydrogen (secondary N) is 2. The number of pyridine rings is 1.